The molecule has 0 aliphatic carbocycles. The fraction of sp³-hybridized carbons (Fsp3) is 0.400. The maximum Gasteiger partial charge on any atom is 0.329 e. The van der Waals surface area contributed by atoms with Gasteiger partial charge < -0.3 is 14.2 Å². The molecule has 0 amide bonds. The first-order valence-electron chi connectivity index (χ1n) is 11.2. The number of hydrogen-bond acceptors (Lipinski definition) is 7. The SMILES string of the molecule is CC#CCOc1ccc(S(=O)(=O)NC(C)C(=O)Oc2ccc(OCCN3CCCC3)cc2)cc1. The Hall–Kier alpha value is -3.06. The van der Waals surface area contributed by atoms with E-state index in [1.807, 2.05) is 0 Å². The van der Waals surface area contributed by atoms with Crippen LogP contribution in [0.4, 0.5) is 0 Å². The molecule has 0 aromatic heterocycles. The number of carbonyl (C=O) groups excluding carboxylic acids is 1. The molecule has 9 heteroatoms. The van der Waals surface area contributed by atoms with Gasteiger partial charge in [0.15, 0.2) is 0 Å². The average molecular weight is 487 g/mol. The standard InChI is InChI=1S/C25H30N2O6S/c1-3-4-18-31-22-11-13-24(14-12-22)34(29,30)26-20(2)25(28)33-23-9-7-21(8-10-23)32-19-17-27-15-5-6-16-27/h7-14,20,26H,5-6,15-19H2,1-2H3. The molecule has 1 N–H and O–H groups in total. The third-order valence-corrected chi connectivity index (χ3v) is 6.78. The molecule has 0 bridgehead atoms. The van der Waals surface area contributed by atoms with Gasteiger partial charge in [0.25, 0.3) is 0 Å². The lowest BCUT2D eigenvalue weighted by atomic mass is 10.3. The molecule has 8 nitrogen and oxygen atoms in total. The van der Waals surface area contributed by atoms with Gasteiger partial charge in [-0.2, -0.15) is 4.72 Å². The zero-order valence-corrected chi connectivity index (χ0v) is 20.3. The van der Waals surface area contributed by atoms with E-state index in [9.17, 15) is 13.2 Å². The maximum absolute atomic E-state index is 12.6. The summed E-state index contributed by atoms with van der Waals surface area (Å²) in [6, 6.07) is 11.5. The Balaban J connectivity index is 1.47. The van der Waals surface area contributed by atoms with Crippen LogP contribution >= 0.6 is 0 Å². The van der Waals surface area contributed by atoms with Crippen molar-refractivity contribution >= 4 is 16.0 Å². The van der Waals surface area contributed by atoms with E-state index in [-0.39, 0.29) is 11.5 Å². The first kappa shape index (κ1) is 25.6. The highest BCUT2D eigenvalue weighted by Gasteiger charge is 2.23. The Labute approximate surface area is 201 Å². The molecule has 3 rings (SSSR count). The van der Waals surface area contributed by atoms with Crippen molar-refractivity contribution < 1.29 is 27.4 Å². The molecule has 1 heterocycles. The summed E-state index contributed by atoms with van der Waals surface area (Å²) in [6.07, 6.45) is 2.48. The van der Waals surface area contributed by atoms with Gasteiger partial charge in [-0.1, -0.05) is 5.92 Å². The number of esters is 1. The minimum atomic E-state index is -3.92. The second kappa shape index (κ2) is 12.4. The van der Waals surface area contributed by atoms with Crippen LogP contribution in [0.25, 0.3) is 0 Å². The summed E-state index contributed by atoms with van der Waals surface area (Å²) in [4.78, 5) is 14.8. The molecular weight excluding hydrogens is 456 g/mol. The molecule has 1 aliphatic rings. The van der Waals surface area contributed by atoms with Crippen molar-refractivity contribution in [3.05, 3.63) is 48.5 Å². The lowest BCUT2D eigenvalue weighted by Gasteiger charge is -2.15. The van der Waals surface area contributed by atoms with Crippen molar-refractivity contribution in [1.82, 2.24) is 9.62 Å². The summed E-state index contributed by atoms with van der Waals surface area (Å²) in [7, 11) is -3.92. The number of nitrogens with zero attached hydrogens (tertiary/aromatic N) is 1. The van der Waals surface area contributed by atoms with Gasteiger partial charge in [0.2, 0.25) is 10.0 Å². The second-order valence-electron chi connectivity index (χ2n) is 7.82. The number of hydrogen-bond donors (Lipinski definition) is 1. The fourth-order valence-corrected chi connectivity index (χ4v) is 4.55. The van der Waals surface area contributed by atoms with Crippen LogP contribution in [-0.4, -0.2) is 58.2 Å². The van der Waals surface area contributed by atoms with Crippen LogP contribution in [-0.2, 0) is 14.8 Å². The van der Waals surface area contributed by atoms with Gasteiger partial charge in [0, 0.05) is 6.54 Å². The summed E-state index contributed by atoms with van der Waals surface area (Å²) in [6.45, 7) is 7.07. The molecule has 2 aromatic carbocycles. The van der Waals surface area contributed by atoms with E-state index in [0.29, 0.717) is 23.9 Å². The molecule has 0 spiro atoms. The number of carbonyl (C=O) groups is 1. The van der Waals surface area contributed by atoms with Crippen LogP contribution in [0.1, 0.15) is 26.7 Å². The van der Waals surface area contributed by atoms with Gasteiger partial charge in [-0.3, -0.25) is 4.90 Å². The quantitative estimate of drug-likeness (QED) is 0.297. The van der Waals surface area contributed by atoms with E-state index in [4.69, 9.17) is 14.2 Å². The Morgan fingerprint density at radius 2 is 1.59 bits per heavy atom. The van der Waals surface area contributed by atoms with Crippen LogP contribution in [0.2, 0.25) is 0 Å². The van der Waals surface area contributed by atoms with Crippen molar-refractivity contribution in [2.24, 2.45) is 0 Å². The van der Waals surface area contributed by atoms with Crippen molar-refractivity contribution in [2.75, 3.05) is 32.8 Å². The molecule has 2 aromatic rings. The Bertz CT molecular complexity index is 1100. The number of ether oxygens (including phenoxy) is 3. The Kier molecular flexibility index (Phi) is 9.33. The summed E-state index contributed by atoms with van der Waals surface area (Å²) in [5, 5.41) is 0. The van der Waals surface area contributed by atoms with Crippen LogP contribution < -0.4 is 18.9 Å². The van der Waals surface area contributed by atoms with Crippen LogP contribution in [0, 0.1) is 11.8 Å². The summed E-state index contributed by atoms with van der Waals surface area (Å²) >= 11 is 0. The van der Waals surface area contributed by atoms with Gasteiger partial charge in [-0.15, -0.1) is 5.92 Å². The minimum Gasteiger partial charge on any atom is -0.492 e. The van der Waals surface area contributed by atoms with E-state index in [0.717, 1.165) is 19.6 Å². The third kappa shape index (κ3) is 7.76. The molecule has 0 radical (unpaired) electrons. The number of nitrogens with one attached hydrogen (secondary N) is 1. The lowest BCUT2D eigenvalue weighted by Crippen LogP contribution is -2.40. The first-order chi connectivity index (χ1) is 16.4. The molecule has 182 valence electrons. The predicted molar refractivity (Wildman–Crippen MR) is 128 cm³/mol. The molecule has 1 saturated heterocycles. The van der Waals surface area contributed by atoms with Gasteiger partial charge in [-0.05, 0) is 88.3 Å². The highest BCUT2D eigenvalue weighted by Crippen LogP contribution is 2.19. The normalized spacial score (nSPS) is 14.6. The number of benzene rings is 2. The minimum absolute atomic E-state index is 0.0107. The van der Waals surface area contributed by atoms with Crippen molar-refractivity contribution in [1.29, 1.82) is 0 Å². The van der Waals surface area contributed by atoms with Crippen LogP contribution in [0.3, 0.4) is 0 Å². The monoisotopic (exact) mass is 486 g/mol. The largest absolute Gasteiger partial charge is 0.492 e. The van der Waals surface area contributed by atoms with Crippen LogP contribution in [0.5, 0.6) is 17.2 Å². The van der Waals surface area contributed by atoms with Crippen molar-refractivity contribution in [3.8, 4) is 29.1 Å². The zero-order chi connectivity index (χ0) is 24.4. The number of sulfonamides is 1. The van der Waals surface area contributed by atoms with Crippen LogP contribution in [0.15, 0.2) is 53.4 Å². The van der Waals surface area contributed by atoms with E-state index in [1.165, 1.54) is 44.0 Å². The highest BCUT2D eigenvalue weighted by atomic mass is 32.2. The number of likely N-dealkylation sites (tertiary alicyclic amines) is 1. The van der Waals surface area contributed by atoms with E-state index in [1.54, 1.807) is 31.2 Å². The fourth-order valence-electron chi connectivity index (χ4n) is 3.36. The summed E-state index contributed by atoms with van der Waals surface area (Å²) in [5.74, 6) is 6.24. The lowest BCUT2D eigenvalue weighted by molar-refractivity contribution is -0.135. The molecule has 0 saturated carbocycles. The van der Waals surface area contributed by atoms with Crippen molar-refractivity contribution in [2.45, 2.75) is 37.6 Å². The third-order valence-electron chi connectivity index (χ3n) is 5.22. The Morgan fingerprint density at radius 1 is 1.00 bits per heavy atom. The molecular formula is C25H30N2O6S. The summed E-state index contributed by atoms with van der Waals surface area (Å²) < 4.78 is 44.0. The zero-order valence-electron chi connectivity index (χ0n) is 19.5. The highest BCUT2D eigenvalue weighted by molar-refractivity contribution is 7.89. The van der Waals surface area contributed by atoms with E-state index >= 15 is 0 Å². The smallest absolute Gasteiger partial charge is 0.329 e. The number of rotatable bonds is 11. The second-order valence-corrected chi connectivity index (χ2v) is 9.53. The topological polar surface area (TPSA) is 94.2 Å². The van der Waals surface area contributed by atoms with E-state index in [2.05, 4.69) is 21.5 Å². The molecule has 34 heavy (non-hydrogen) atoms. The maximum atomic E-state index is 12.6. The molecule has 1 unspecified atom stereocenters. The van der Waals surface area contributed by atoms with Gasteiger partial charge >= 0.3 is 5.97 Å². The first-order valence-corrected chi connectivity index (χ1v) is 12.7. The van der Waals surface area contributed by atoms with Gasteiger partial charge in [0.1, 0.15) is 36.5 Å². The van der Waals surface area contributed by atoms with E-state index < -0.39 is 22.0 Å². The van der Waals surface area contributed by atoms with Gasteiger partial charge in [-0.25, -0.2) is 13.2 Å². The molecule has 1 atom stereocenters. The average Bonchev–Trinajstić information content (AvgIpc) is 3.34. The predicted octanol–water partition coefficient (Wildman–Crippen LogP) is 2.84. The Morgan fingerprint density at radius 3 is 2.24 bits per heavy atom. The van der Waals surface area contributed by atoms with Gasteiger partial charge in [0.05, 0.1) is 4.90 Å². The molecule has 1 aliphatic heterocycles. The summed E-state index contributed by atoms with van der Waals surface area (Å²) in [5.41, 5.74) is 0. The van der Waals surface area contributed by atoms with Crippen molar-refractivity contribution in [3.63, 3.8) is 0 Å². The molecule has 1 fully saturated rings.